The summed E-state index contributed by atoms with van der Waals surface area (Å²) in [6.45, 7) is 3.34. The second kappa shape index (κ2) is 9.37. The summed E-state index contributed by atoms with van der Waals surface area (Å²) in [6.07, 6.45) is 0. The van der Waals surface area contributed by atoms with Gasteiger partial charge in [-0.1, -0.05) is 12.1 Å². The minimum absolute atomic E-state index is 0. The van der Waals surface area contributed by atoms with E-state index in [-0.39, 0.29) is 37.5 Å². The number of ether oxygens (including phenoxy) is 1. The van der Waals surface area contributed by atoms with E-state index >= 15 is 0 Å². The van der Waals surface area contributed by atoms with Crippen molar-refractivity contribution < 1.29 is 9.13 Å². The van der Waals surface area contributed by atoms with Crippen molar-refractivity contribution in [1.29, 1.82) is 0 Å². The molecular weight excluding hydrogens is 290 g/mol. The number of benzene rings is 1. The molecule has 19 heavy (non-hydrogen) atoms. The minimum Gasteiger partial charge on any atom is -0.497 e. The zero-order chi connectivity index (χ0) is 12.1. The van der Waals surface area contributed by atoms with E-state index in [1.54, 1.807) is 7.11 Å². The highest BCUT2D eigenvalue weighted by Crippen LogP contribution is 2.23. The van der Waals surface area contributed by atoms with Gasteiger partial charge in [0.1, 0.15) is 12.4 Å². The van der Waals surface area contributed by atoms with Crippen LogP contribution in [0.25, 0.3) is 0 Å². The molecule has 0 spiro atoms. The molecule has 1 fully saturated rings. The molecule has 1 aliphatic rings. The smallest absolute Gasteiger partial charge is 0.118 e. The van der Waals surface area contributed by atoms with Crippen LogP contribution in [0, 0.1) is 0 Å². The fraction of sp³-hybridized carbons (Fsp3) is 0.538. The van der Waals surface area contributed by atoms with Crippen LogP contribution >= 0.6 is 24.8 Å². The molecule has 1 aromatic rings. The molecule has 1 aromatic carbocycles. The zero-order valence-electron chi connectivity index (χ0n) is 11.0. The van der Waals surface area contributed by atoms with Crippen LogP contribution in [0.15, 0.2) is 24.3 Å². The molecular formula is C13H21Cl2FN2O. The van der Waals surface area contributed by atoms with Gasteiger partial charge in [0.2, 0.25) is 0 Å². The normalized spacial score (nSPS) is 16.9. The highest BCUT2D eigenvalue weighted by molar-refractivity contribution is 5.85. The summed E-state index contributed by atoms with van der Waals surface area (Å²) in [7, 11) is 1.64. The molecule has 0 saturated carbocycles. The molecule has 1 atom stereocenters. The first-order valence-electron chi connectivity index (χ1n) is 6.00. The standard InChI is InChI=1S/C13H19FN2O.2ClH/c1-17-12-4-2-11(3-5-12)13(10-14)16-8-6-15-7-9-16;;/h2-5,13,15H,6-10H2,1H3;2*1H/t13-;;/m0../s1. The van der Waals surface area contributed by atoms with Crippen LogP contribution < -0.4 is 10.1 Å². The van der Waals surface area contributed by atoms with Gasteiger partial charge in [-0.05, 0) is 17.7 Å². The molecule has 0 aromatic heterocycles. The van der Waals surface area contributed by atoms with Crippen LogP contribution in [-0.4, -0.2) is 44.9 Å². The van der Waals surface area contributed by atoms with E-state index in [1.165, 1.54) is 0 Å². The largest absolute Gasteiger partial charge is 0.497 e. The van der Waals surface area contributed by atoms with E-state index in [0.717, 1.165) is 37.5 Å². The quantitative estimate of drug-likeness (QED) is 0.924. The highest BCUT2D eigenvalue weighted by Gasteiger charge is 2.21. The minimum atomic E-state index is -0.341. The van der Waals surface area contributed by atoms with E-state index in [9.17, 15) is 4.39 Å². The Bertz CT molecular complexity index is 345. The third kappa shape index (κ3) is 4.80. The molecule has 0 aliphatic carbocycles. The highest BCUT2D eigenvalue weighted by atomic mass is 35.5. The number of nitrogens with one attached hydrogen (secondary N) is 1. The fourth-order valence-corrected chi connectivity index (χ4v) is 2.22. The Morgan fingerprint density at radius 3 is 2.26 bits per heavy atom. The molecule has 6 heteroatoms. The molecule has 110 valence electrons. The van der Waals surface area contributed by atoms with Gasteiger partial charge in [0.25, 0.3) is 0 Å². The molecule has 1 N–H and O–H groups in total. The van der Waals surface area contributed by atoms with E-state index in [1.807, 2.05) is 24.3 Å². The van der Waals surface area contributed by atoms with E-state index in [2.05, 4.69) is 10.2 Å². The zero-order valence-corrected chi connectivity index (χ0v) is 12.6. The summed E-state index contributed by atoms with van der Waals surface area (Å²) < 4.78 is 18.3. The summed E-state index contributed by atoms with van der Waals surface area (Å²) in [4.78, 5) is 2.19. The molecule has 0 radical (unpaired) electrons. The Morgan fingerprint density at radius 1 is 1.21 bits per heavy atom. The Labute approximate surface area is 126 Å². The average molecular weight is 311 g/mol. The van der Waals surface area contributed by atoms with Crippen LogP contribution in [0.3, 0.4) is 0 Å². The third-order valence-electron chi connectivity index (χ3n) is 3.24. The maximum Gasteiger partial charge on any atom is 0.118 e. The molecule has 0 amide bonds. The summed E-state index contributed by atoms with van der Waals surface area (Å²) in [5.41, 5.74) is 1.02. The topological polar surface area (TPSA) is 24.5 Å². The van der Waals surface area contributed by atoms with E-state index in [4.69, 9.17) is 4.74 Å². The second-order valence-corrected chi connectivity index (χ2v) is 4.23. The van der Waals surface area contributed by atoms with Gasteiger partial charge in [0, 0.05) is 26.2 Å². The Hall–Kier alpha value is -0.550. The second-order valence-electron chi connectivity index (χ2n) is 4.23. The van der Waals surface area contributed by atoms with Gasteiger partial charge in [-0.15, -0.1) is 24.8 Å². The predicted molar refractivity (Wildman–Crippen MR) is 80.6 cm³/mol. The Morgan fingerprint density at radius 2 is 1.79 bits per heavy atom. The number of rotatable bonds is 4. The van der Waals surface area contributed by atoms with E-state index in [0.29, 0.717) is 0 Å². The molecule has 1 aliphatic heterocycles. The number of piperazine rings is 1. The van der Waals surface area contributed by atoms with Crippen molar-refractivity contribution in [2.45, 2.75) is 6.04 Å². The summed E-state index contributed by atoms with van der Waals surface area (Å²) >= 11 is 0. The van der Waals surface area contributed by atoms with E-state index < -0.39 is 0 Å². The van der Waals surface area contributed by atoms with Gasteiger partial charge in [0.15, 0.2) is 0 Å². The average Bonchev–Trinajstić information content (AvgIpc) is 2.42. The van der Waals surface area contributed by atoms with Crippen LogP contribution in [-0.2, 0) is 0 Å². The lowest BCUT2D eigenvalue weighted by Gasteiger charge is -2.33. The van der Waals surface area contributed by atoms with Crippen LogP contribution in [0.1, 0.15) is 11.6 Å². The fourth-order valence-electron chi connectivity index (χ4n) is 2.22. The van der Waals surface area contributed by atoms with Gasteiger partial charge in [-0.2, -0.15) is 0 Å². The van der Waals surface area contributed by atoms with Crippen molar-refractivity contribution in [1.82, 2.24) is 10.2 Å². The first-order chi connectivity index (χ1) is 8.35. The third-order valence-corrected chi connectivity index (χ3v) is 3.24. The van der Waals surface area contributed by atoms with Crippen molar-refractivity contribution in [3.05, 3.63) is 29.8 Å². The molecule has 3 nitrogen and oxygen atoms in total. The van der Waals surface area contributed by atoms with Gasteiger partial charge in [0.05, 0.1) is 13.2 Å². The number of hydrogen-bond donors (Lipinski definition) is 1. The summed E-state index contributed by atoms with van der Waals surface area (Å²) in [6, 6.07) is 7.55. The van der Waals surface area contributed by atoms with Gasteiger partial charge >= 0.3 is 0 Å². The SMILES string of the molecule is COc1ccc([C@H](CF)N2CCNCC2)cc1.Cl.Cl. The molecule has 0 bridgehead atoms. The summed E-state index contributed by atoms with van der Waals surface area (Å²) in [5.74, 6) is 0.812. The van der Waals surface area contributed by atoms with Crippen molar-refractivity contribution in [3.8, 4) is 5.75 Å². The number of hydrogen-bond acceptors (Lipinski definition) is 3. The van der Waals surface area contributed by atoms with Crippen molar-refractivity contribution in [2.75, 3.05) is 40.0 Å². The molecule has 1 heterocycles. The first kappa shape index (κ1) is 18.4. The monoisotopic (exact) mass is 310 g/mol. The van der Waals surface area contributed by atoms with Gasteiger partial charge < -0.3 is 10.1 Å². The number of nitrogens with zero attached hydrogens (tertiary/aromatic N) is 1. The number of halogens is 3. The number of methoxy groups -OCH3 is 1. The van der Waals surface area contributed by atoms with Gasteiger partial charge in [-0.25, -0.2) is 4.39 Å². The lowest BCUT2D eigenvalue weighted by molar-refractivity contribution is 0.147. The van der Waals surface area contributed by atoms with Crippen molar-refractivity contribution in [2.24, 2.45) is 0 Å². The Balaban J connectivity index is 0.00000162. The molecule has 0 unspecified atom stereocenters. The molecule has 1 saturated heterocycles. The van der Waals surface area contributed by atoms with Crippen LogP contribution in [0.2, 0.25) is 0 Å². The van der Waals surface area contributed by atoms with Gasteiger partial charge in [-0.3, -0.25) is 4.90 Å². The number of alkyl halides is 1. The summed E-state index contributed by atoms with van der Waals surface area (Å²) in [5, 5.41) is 3.28. The lowest BCUT2D eigenvalue weighted by Crippen LogP contribution is -2.45. The first-order valence-corrected chi connectivity index (χ1v) is 6.00. The maximum atomic E-state index is 13.2. The van der Waals surface area contributed by atoms with Crippen molar-refractivity contribution in [3.63, 3.8) is 0 Å². The predicted octanol–water partition coefficient (Wildman–Crippen LogP) is 2.45. The van der Waals surface area contributed by atoms with Crippen LogP contribution in [0.5, 0.6) is 5.75 Å². The lowest BCUT2D eigenvalue weighted by atomic mass is 10.1. The van der Waals surface area contributed by atoms with Crippen molar-refractivity contribution >= 4 is 24.8 Å². The van der Waals surface area contributed by atoms with Crippen LogP contribution in [0.4, 0.5) is 4.39 Å². The molecule has 2 rings (SSSR count). The Kier molecular flexibility index (Phi) is 9.10. The maximum absolute atomic E-state index is 13.2.